The average molecular weight is 232 g/mol. The van der Waals surface area contributed by atoms with Crippen LogP contribution in [0.4, 0.5) is 0 Å². The lowest BCUT2D eigenvalue weighted by molar-refractivity contribution is -0.131. The second-order valence-electron chi connectivity index (χ2n) is 4.11. The lowest BCUT2D eigenvalue weighted by Gasteiger charge is -2.02. The number of Topliss-reactive ketones (excluding diaryl/α,β-unsaturated/α-hetero) is 1. The van der Waals surface area contributed by atoms with E-state index in [1.54, 1.807) is 10.7 Å². The molecular formula is C12H12N2O3. The van der Waals surface area contributed by atoms with E-state index in [-0.39, 0.29) is 11.6 Å². The molecule has 0 radical (unpaired) electrons. The minimum atomic E-state index is -1.45. The first-order chi connectivity index (χ1) is 7.99. The van der Waals surface area contributed by atoms with E-state index >= 15 is 0 Å². The van der Waals surface area contributed by atoms with Crippen molar-refractivity contribution in [3.8, 4) is 0 Å². The topological polar surface area (TPSA) is 72.2 Å². The third-order valence-electron chi connectivity index (χ3n) is 2.51. The first-order valence-corrected chi connectivity index (χ1v) is 5.25. The summed E-state index contributed by atoms with van der Waals surface area (Å²) in [5.41, 5.74) is 0.782. The van der Waals surface area contributed by atoms with Gasteiger partial charge in [0.05, 0.1) is 5.52 Å². The Kier molecular flexibility index (Phi) is 2.67. The molecule has 0 unspecified atom stereocenters. The van der Waals surface area contributed by atoms with Gasteiger partial charge in [-0.25, -0.2) is 4.79 Å². The maximum atomic E-state index is 11.3. The molecule has 0 aliphatic heterocycles. The van der Waals surface area contributed by atoms with Crippen molar-refractivity contribution in [1.29, 1.82) is 0 Å². The first-order valence-electron chi connectivity index (χ1n) is 5.25. The summed E-state index contributed by atoms with van der Waals surface area (Å²) in [6.45, 7) is 3.99. The molecule has 1 N–H and O–H groups in total. The second-order valence-corrected chi connectivity index (χ2v) is 4.11. The highest BCUT2D eigenvalue weighted by atomic mass is 16.4. The molecule has 0 amide bonds. The SMILES string of the molecule is CC(C)n1cc2ccc(C(=O)C(=O)O)cc2n1. The van der Waals surface area contributed by atoms with E-state index in [1.165, 1.54) is 12.1 Å². The van der Waals surface area contributed by atoms with Crippen LogP contribution in [0.25, 0.3) is 10.9 Å². The van der Waals surface area contributed by atoms with Gasteiger partial charge in [-0.2, -0.15) is 5.10 Å². The fourth-order valence-electron chi connectivity index (χ4n) is 1.56. The van der Waals surface area contributed by atoms with Crippen molar-refractivity contribution in [2.45, 2.75) is 19.9 Å². The van der Waals surface area contributed by atoms with Gasteiger partial charge in [0.1, 0.15) is 0 Å². The number of rotatable bonds is 3. The van der Waals surface area contributed by atoms with Crippen LogP contribution in [0, 0.1) is 0 Å². The largest absolute Gasteiger partial charge is 0.475 e. The molecule has 2 aromatic rings. The number of carbonyl (C=O) groups is 2. The summed E-state index contributed by atoms with van der Waals surface area (Å²) in [6, 6.07) is 4.94. The molecule has 5 heteroatoms. The van der Waals surface area contributed by atoms with Gasteiger partial charge < -0.3 is 5.11 Å². The zero-order valence-corrected chi connectivity index (χ0v) is 9.54. The summed E-state index contributed by atoms with van der Waals surface area (Å²) in [5.74, 6) is -2.36. The van der Waals surface area contributed by atoms with Gasteiger partial charge in [-0.05, 0) is 26.0 Å². The van der Waals surface area contributed by atoms with Crippen LogP contribution in [0.1, 0.15) is 30.2 Å². The van der Waals surface area contributed by atoms with Gasteiger partial charge in [0, 0.05) is 23.2 Å². The molecule has 0 fully saturated rings. The molecule has 0 bridgehead atoms. The fourth-order valence-corrected chi connectivity index (χ4v) is 1.56. The lowest BCUT2D eigenvalue weighted by atomic mass is 10.1. The number of carboxylic acid groups (broad SMARTS) is 1. The van der Waals surface area contributed by atoms with Crippen molar-refractivity contribution >= 4 is 22.7 Å². The molecule has 0 saturated heterocycles. The third-order valence-corrected chi connectivity index (χ3v) is 2.51. The Labute approximate surface area is 97.7 Å². The molecule has 0 spiro atoms. The Morgan fingerprint density at radius 2 is 2.06 bits per heavy atom. The molecule has 1 heterocycles. The van der Waals surface area contributed by atoms with Crippen LogP contribution in [-0.4, -0.2) is 26.6 Å². The summed E-state index contributed by atoms with van der Waals surface area (Å²) in [7, 11) is 0. The Balaban J connectivity index is 2.50. The number of hydrogen-bond donors (Lipinski definition) is 1. The highest BCUT2D eigenvalue weighted by Gasteiger charge is 2.15. The van der Waals surface area contributed by atoms with E-state index < -0.39 is 11.8 Å². The predicted molar refractivity (Wildman–Crippen MR) is 62.1 cm³/mol. The minimum Gasteiger partial charge on any atom is -0.475 e. The Morgan fingerprint density at radius 3 is 2.65 bits per heavy atom. The highest BCUT2D eigenvalue weighted by molar-refractivity contribution is 6.40. The van der Waals surface area contributed by atoms with Gasteiger partial charge in [0.15, 0.2) is 0 Å². The van der Waals surface area contributed by atoms with Crippen molar-refractivity contribution in [3.05, 3.63) is 30.0 Å². The summed E-state index contributed by atoms with van der Waals surface area (Å²) in [6.07, 6.45) is 1.87. The standard InChI is InChI=1S/C12H12N2O3/c1-7(2)14-6-9-4-3-8(5-10(9)13-14)11(15)12(16)17/h3-7H,1-2H3,(H,16,17). The van der Waals surface area contributed by atoms with Crippen LogP contribution in [0.5, 0.6) is 0 Å². The zero-order chi connectivity index (χ0) is 12.6. The van der Waals surface area contributed by atoms with Crippen LogP contribution in [0.15, 0.2) is 24.4 Å². The minimum absolute atomic E-state index is 0.152. The molecule has 88 valence electrons. The monoisotopic (exact) mass is 232 g/mol. The molecule has 1 aromatic heterocycles. The van der Waals surface area contributed by atoms with Gasteiger partial charge in [-0.15, -0.1) is 0 Å². The fraction of sp³-hybridized carbons (Fsp3) is 0.250. The molecule has 17 heavy (non-hydrogen) atoms. The number of nitrogens with zero attached hydrogens (tertiary/aromatic N) is 2. The van der Waals surface area contributed by atoms with E-state index in [9.17, 15) is 9.59 Å². The zero-order valence-electron chi connectivity index (χ0n) is 9.54. The van der Waals surface area contributed by atoms with E-state index in [0.717, 1.165) is 5.39 Å². The van der Waals surface area contributed by atoms with Crippen LogP contribution in [-0.2, 0) is 4.79 Å². The van der Waals surface area contributed by atoms with Crippen molar-refractivity contribution in [3.63, 3.8) is 0 Å². The van der Waals surface area contributed by atoms with Crippen molar-refractivity contribution in [1.82, 2.24) is 9.78 Å². The van der Waals surface area contributed by atoms with Crippen LogP contribution in [0.3, 0.4) is 0 Å². The average Bonchev–Trinajstić information content (AvgIpc) is 2.70. The van der Waals surface area contributed by atoms with E-state index in [1.807, 2.05) is 20.0 Å². The molecule has 0 saturated carbocycles. The van der Waals surface area contributed by atoms with Crippen molar-refractivity contribution in [2.75, 3.05) is 0 Å². The summed E-state index contributed by atoms with van der Waals surface area (Å²) in [4.78, 5) is 21.9. The third kappa shape index (κ3) is 2.04. The Hall–Kier alpha value is -2.17. The molecule has 5 nitrogen and oxygen atoms in total. The molecule has 2 rings (SSSR count). The van der Waals surface area contributed by atoms with Gasteiger partial charge >= 0.3 is 5.97 Å². The first kappa shape index (κ1) is 11.3. The van der Waals surface area contributed by atoms with E-state index in [2.05, 4.69) is 5.10 Å². The number of benzene rings is 1. The highest BCUT2D eigenvalue weighted by Crippen LogP contribution is 2.17. The van der Waals surface area contributed by atoms with Crippen LogP contribution in [0.2, 0.25) is 0 Å². The molecule has 0 aliphatic carbocycles. The van der Waals surface area contributed by atoms with Crippen LogP contribution < -0.4 is 0 Å². The van der Waals surface area contributed by atoms with Crippen molar-refractivity contribution < 1.29 is 14.7 Å². The predicted octanol–water partition coefficient (Wildman–Crippen LogP) is 1.88. The summed E-state index contributed by atoms with van der Waals surface area (Å²) in [5, 5.41) is 13.8. The maximum absolute atomic E-state index is 11.3. The molecule has 1 aromatic carbocycles. The normalized spacial score (nSPS) is 11.0. The Bertz CT molecular complexity index is 599. The Morgan fingerprint density at radius 1 is 1.35 bits per heavy atom. The maximum Gasteiger partial charge on any atom is 0.377 e. The number of carbonyl (C=O) groups excluding carboxylic acids is 1. The van der Waals surface area contributed by atoms with E-state index in [4.69, 9.17) is 5.11 Å². The van der Waals surface area contributed by atoms with Gasteiger partial charge in [0.2, 0.25) is 0 Å². The number of aliphatic carboxylic acids is 1. The van der Waals surface area contributed by atoms with E-state index in [0.29, 0.717) is 5.52 Å². The van der Waals surface area contributed by atoms with Gasteiger partial charge in [-0.3, -0.25) is 9.48 Å². The number of fused-ring (bicyclic) bond motifs is 1. The molecular weight excluding hydrogens is 220 g/mol. The smallest absolute Gasteiger partial charge is 0.377 e. The molecule has 0 aliphatic rings. The van der Waals surface area contributed by atoms with Gasteiger partial charge in [0.25, 0.3) is 5.78 Å². The summed E-state index contributed by atoms with van der Waals surface area (Å²) >= 11 is 0. The second kappa shape index (κ2) is 4.01. The molecule has 0 atom stereocenters. The quantitative estimate of drug-likeness (QED) is 0.647. The van der Waals surface area contributed by atoms with Gasteiger partial charge in [-0.1, -0.05) is 6.07 Å². The number of carboxylic acids is 1. The van der Waals surface area contributed by atoms with Crippen molar-refractivity contribution in [2.24, 2.45) is 0 Å². The number of hydrogen-bond acceptors (Lipinski definition) is 3. The number of aromatic nitrogens is 2. The summed E-state index contributed by atoms with van der Waals surface area (Å²) < 4.78 is 1.78. The number of ketones is 1. The lowest BCUT2D eigenvalue weighted by Crippen LogP contribution is -2.12. The van der Waals surface area contributed by atoms with Crippen LogP contribution >= 0.6 is 0 Å².